The first-order valence-electron chi connectivity index (χ1n) is 8.54. The van der Waals surface area contributed by atoms with E-state index in [1.165, 1.54) is 31.4 Å². The predicted octanol–water partition coefficient (Wildman–Crippen LogP) is 1.89. The molecule has 0 radical (unpaired) electrons. The number of morpholine rings is 1. The minimum Gasteiger partial charge on any atom is -0.465 e. The number of carbonyl (C=O) groups is 1. The number of hydrogen-bond acceptors (Lipinski definition) is 7. The summed E-state index contributed by atoms with van der Waals surface area (Å²) < 4.78 is 38.3. The van der Waals surface area contributed by atoms with Crippen molar-refractivity contribution in [2.45, 2.75) is 10.9 Å². The van der Waals surface area contributed by atoms with Gasteiger partial charge in [0, 0.05) is 24.5 Å². The van der Waals surface area contributed by atoms with Crippen LogP contribution in [0.3, 0.4) is 0 Å². The molecule has 9 heteroatoms. The highest BCUT2D eigenvalue weighted by Crippen LogP contribution is 2.26. The van der Waals surface area contributed by atoms with E-state index in [0.717, 1.165) is 18.0 Å². The van der Waals surface area contributed by atoms with Gasteiger partial charge in [-0.25, -0.2) is 17.9 Å². The number of hydrogen-bond donors (Lipinski definition) is 1. The largest absolute Gasteiger partial charge is 0.465 e. The van der Waals surface area contributed by atoms with Crippen LogP contribution in [0.1, 0.15) is 21.3 Å². The first-order chi connectivity index (χ1) is 13.0. The molecule has 1 aromatic carbocycles. The fraction of sp³-hybridized carbons (Fsp3) is 0.389. The molecule has 1 aliphatic heterocycles. The van der Waals surface area contributed by atoms with Crippen molar-refractivity contribution < 1.29 is 22.7 Å². The third kappa shape index (κ3) is 4.94. The first kappa shape index (κ1) is 20.0. The van der Waals surface area contributed by atoms with Crippen molar-refractivity contribution in [1.29, 1.82) is 0 Å². The van der Waals surface area contributed by atoms with Crippen molar-refractivity contribution in [1.82, 2.24) is 9.62 Å². The molecule has 1 saturated heterocycles. The molecule has 1 aliphatic rings. The zero-order valence-electron chi connectivity index (χ0n) is 15.0. The van der Waals surface area contributed by atoms with Gasteiger partial charge in [0.25, 0.3) is 0 Å². The molecule has 0 bridgehead atoms. The van der Waals surface area contributed by atoms with Crippen LogP contribution in [0, 0.1) is 0 Å². The van der Waals surface area contributed by atoms with Gasteiger partial charge in [0.2, 0.25) is 10.0 Å². The van der Waals surface area contributed by atoms with Crippen LogP contribution in [0.5, 0.6) is 0 Å². The van der Waals surface area contributed by atoms with Crippen LogP contribution in [0.25, 0.3) is 0 Å². The van der Waals surface area contributed by atoms with Crippen molar-refractivity contribution in [3.8, 4) is 0 Å². The maximum Gasteiger partial charge on any atom is 0.337 e. The van der Waals surface area contributed by atoms with Crippen molar-refractivity contribution in [2.75, 3.05) is 40.0 Å². The minimum absolute atomic E-state index is 0.0392. The lowest BCUT2D eigenvalue weighted by Crippen LogP contribution is -2.43. The Morgan fingerprint density at radius 1 is 1.30 bits per heavy atom. The Morgan fingerprint density at radius 2 is 2.07 bits per heavy atom. The maximum absolute atomic E-state index is 12.7. The maximum atomic E-state index is 12.7. The standard InChI is InChI=1S/C18H22N2O5S2/c1-24-18(21)14-4-2-5-15(12-14)27(22,23)19-13-16(17-6-3-11-26-17)20-7-9-25-10-8-20/h2-6,11-12,16,19H,7-10,13H2,1H3. The van der Waals surface area contributed by atoms with Crippen molar-refractivity contribution in [2.24, 2.45) is 0 Å². The van der Waals surface area contributed by atoms with Crippen LogP contribution in [-0.4, -0.2) is 59.2 Å². The van der Waals surface area contributed by atoms with Gasteiger partial charge in [-0.15, -0.1) is 11.3 Å². The number of thiophene rings is 1. The second kappa shape index (κ2) is 8.94. The number of sulfonamides is 1. The number of benzene rings is 1. The molecule has 1 N–H and O–H groups in total. The average Bonchev–Trinajstić information content (AvgIpc) is 3.23. The van der Waals surface area contributed by atoms with E-state index in [1.54, 1.807) is 11.3 Å². The molecule has 0 saturated carbocycles. The summed E-state index contributed by atoms with van der Waals surface area (Å²) in [5, 5.41) is 1.98. The molecule has 0 spiro atoms. The fourth-order valence-electron chi connectivity index (χ4n) is 2.96. The highest BCUT2D eigenvalue weighted by molar-refractivity contribution is 7.89. The van der Waals surface area contributed by atoms with Gasteiger partial charge in [-0.1, -0.05) is 12.1 Å². The van der Waals surface area contributed by atoms with Gasteiger partial charge in [0.1, 0.15) is 0 Å². The van der Waals surface area contributed by atoms with Gasteiger partial charge in [0.05, 0.1) is 36.8 Å². The van der Waals surface area contributed by atoms with E-state index in [0.29, 0.717) is 13.2 Å². The van der Waals surface area contributed by atoms with Gasteiger partial charge >= 0.3 is 5.97 Å². The van der Waals surface area contributed by atoms with Crippen molar-refractivity contribution in [3.63, 3.8) is 0 Å². The highest BCUT2D eigenvalue weighted by atomic mass is 32.2. The third-order valence-corrected chi connectivity index (χ3v) is 6.78. The SMILES string of the molecule is COC(=O)c1cccc(S(=O)(=O)NCC(c2cccs2)N2CCOCC2)c1. The van der Waals surface area contributed by atoms with E-state index in [9.17, 15) is 13.2 Å². The van der Waals surface area contributed by atoms with Crippen LogP contribution >= 0.6 is 11.3 Å². The third-order valence-electron chi connectivity index (χ3n) is 4.39. The summed E-state index contributed by atoms with van der Waals surface area (Å²) in [6.45, 7) is 3.02. The van der Waals surface area contributed by atoms with Gasteiger partial charge in [0.15, 0.2) is 0 Å². The first-order valence-corrected chi connectivity index (χ1v) is 10.9. The second-order valence-electron chi connectivity index (χ2n) is 6.05. The summed E-state index contributed by atoms with van der Waals surface area (Å²) in [5.41, 5.74) is 0.198. The van der Waals surface area contributed by atoms with E-state index in [-0.39, 0.29) is 23.0 Å². The zero-order chi connectivity index (χ0) is 19.3. The Balaban J connectivity index is 1.77. The molecule has 1 aromatic heterocycles. The van der Waals surface area contributed by atoms with Crippen LogP contribution in [0.15, 0.2) is 46.7 Å². The smallest absolute Gasteiger partial charge is 0.337 e. The molecule has 1 unspecified atom stereocenters. The topological polar surface area (TPSA) is 84.9 Å². The van der Waals surface area contributed by atoms with Crippen LogP contribution in [0.2, 0.25) is 0 Å². The second-order valence-corrected chi connectivity index (χ2v) is 8.80. The lowest BCUT2D eigenvalue weighted by Gasteiger charge is -2.34. The molecule has 146 valence electrons. The molecular formula is C18H22N2O5S2. The molecule has 2 aromatic rings. The van der Waals surface area contributed by atoms with E-state index in [4.69, 9.17) is 4.74 Å². The summed E-state index contributed by atoms with van der Waals surface area (Å²) in [7, 11) is -2.50. The van der Waals surface area contributed by atoms with E-state index in [2.05, 4.69) is 14.4 Å². The fourth-order valence-corrected chi connectivity index (χ4v) is 4.90. The van der Waals surface area contributed by atoms with Crippen molar-refractivity contribution >= 4 is 27.3 Å². The molecule has 1 fully saturated rings. The summed E-state index contributed by atoms with van der Waals surface area (Å²) in [6.07, 6.45) is 0. The van der Waals surface area contributed by atoms with Gasteiger partial charge < -0.3 is 9.47 Å². The molecule has 7 nitrogen and oxygen atoms in total. The van der Waals surface area contributed by atoms with Crippen LogP contribution < -0.4 is 4.72 Å². The number of nitrogens with zero attached hydrogens (tertiary/aromatic N) is 1. The monoisotopic (exact) mass is 410 g/mol. The predicted molar refractivity (Wildman–Crippen MR) is 102 cm³/mol. The number of rotatable bonds is 7. The van der Waals surface area contributed by atoms with E-state index >= 15 is 0 Å². The Bertz CT molecular complexity index is 862. The van der Waals surface area contributed by atoms with Crippen molar-refractivity contribution in [3.05, 3.63) is 52.2 Å². The molecule has 0 amide bonds. The number of esters is 1. The normalized spacial score (nSPS) is 16.8. The van der Waals surface area contributed by atoms with Gasteiger partial charge in [-0.2, -0.15) is 0 Å². The lowest BCUT2D eigenvalue weighted by molar-refractivity contribution is 0.0179. The van der Waals surface area contributed by atoms with Gasteiger partial charge in [-0.05, 0) is 29.6 Å². The summed E-state index contributed by atoms with van der Waals surface area (Å²) in [4.78, 5) is 15.0. The number of methoxy groups -OCH3 is 1. The molecule has 2 heterocycles. The Kier molecular flexibility index (Phi) is 6.61. The van der Waals surface area contributed by atoms with Crippen LogP contribution in [0.4, 0.5) is 0 Å². The highest BCUT2D eigenvalue weighted by Gasteiger charge is 2.26. The number of nitrogens with one attached hydrogen (secondary N) is 1. The zero-order valence-corrected chi connectivity index (χ0v) is 16.6. The molecule has 3 rings (SSSR count). The Hall–Kier alpha value is -1.78. The molecular weight excluding hydrogens is 388 g/mol. The number of carbonyl (C=O) groups excluding carboxylic acids is 1. The van der Waals surface area contributed by atoms with Crippen LogP contribution in [-0.2, 0) is 19.5 Å². The molecule has 0 aliphatic carbocycles. The number of ether oxygens (including phenoxy) is 2. The lowest BCUT2D eigenvalue weighted by atomic mass is 10.2. The molecule has 27 heavy (non-hydrogen) atoms. The Labute approximate surface area is 163 Å². The summed E-state index contributed by atoms with van der Waals surface area (Å²) >= 11 is 1.60. The quantitative estimate of drug-likeness (QED) is 0.702. The minimum atomic E-state index is -3.76. The molecule has 1 atom stereocenters. The van der Waals surface area contributed by atoms with Gasteiger partial charge in [-0.3, -0.25) is 4.90 Å². The average molecular weight is 411 g/mol. The van der Waals surface area contributed by atoms with E-state index in [1.807, 2.05) is 17.5 Å². The summed E-state index contributed by atoms with van der Waals surface area (Å²) in [6, 6.07) is 9.74. The van der Waals surface area contributed by atoms with E-state index < -0.39 is 16.0 Å². The summed E-state index contributed by atoms with van der Waals surface area (Å²) in [5.74, 6) is -0.572. The Morgan fingerprint density at radius 3 is 2.74 bits per heavy atom.